The zero-order valence-corrected chi connectivity index (χ0v) is 8.13. The van der Waals surface area contributed by atoms with Gasteiger partial charge in [0, 0.05) is 11.1 Å². The number of thiazole rings is 1. The second-order valence-electron chi connectivity index (χ2n) is 2.28. The van der Waals surface area contributed by atoms with E-state index in [9.17, 15) is 10.1 Å². The highest BCUT2D eigenvalue weighted by Crippen LogP contribution is 2.13. The molecule has 0 saturated carbocycles. The van der Waals surface area contributed by atoms with Gasteiger partial charge in [-0.2, -0.15) is 4.98 Å². The van der Waals surface area contributed by atoms with Crippen LogP contribution >= 0.6 is 22.9 Å². The predicted octanol–water partition coefficient (Wildman–Crippen LogP) is 0.858. The van der Waals surface area contributed by atoms with Gasteiger partial charge in [0.15, 0.2) is 5.03 Å². The molecule has 0 radical (unpaired) electrons. The van der Waals surface area contributed by atoms with E-state index < -0.39 is 5.03 Å². The van der Waals surface area contributed by atoms with E-state index in [1.165, 1.54) is 22.9 Å². The summed E-state index contributed by atoms with van der Waals surface area (Å²) in [6.07, 6.45) is 0. The lowest BCUT2D eigenvalue weighted by Crippen LogP contribution is -2.01. The van der Waals surface area contributed by atoms with Crippen LogP contribution in [0.15, 0.2) is 10.5 Å². The van der Waals surface area contributed by atoms with Gasteiger partial charge in [-0.15, -0.1) is 11.3 Å². The highest BCUT2D eigenvalue weighted by atomic mass is 32.1. The number of aryl methyl sites for hydroxylation is 1. The molecule has 13 heavy (non-hydrogen) atoms. The van der Waals surface area contributed by atoms with Crippen LogP contribution in [-0.4, -0.2) is 13.8 Å². The monoisotopic (exact) mass is 216 g/mol. The Morgan fingerprint density at radius 2 is 2.54 bits per heavy atom. The summed E-state index contributed by atoms with van der Waals surface area (Å²) in [6, 6.07) is 0. The minimum Gasteiger partial charge on any atom is -0.241 e. The standard InChI is InChI=1S/C5H4N4O2S2/c1-3-2-12-5-6-4(7-9(10)11)13-8(3)5/h2H,1H3/b7-4-. The second kappa shape index (κ2) is 2.89. The summed E-state index contributed by atoms with van der Waals surface area (Å²) >= 11 is 2.61. The van der Waals surface area contributed by atoms with Crippen LogP contribution in [0.2, 0.25) is 0 Å². The Labute approximate surface area is 80.1 Å². The molecule has 2 rings (SSSR count). The molecule has 2 heterocycles. The molecule has 0 atom stereocenters. The van der Waals surface area contributed by atoms with Gasteiger partial charge in [0.25, 0.3) is 0 Å². The minimum atomic E-state index is -0.738. The van der Waals surface area contributed by atoms with Crippen LogP contribution in [0.5, 0.6) is 0 Å². The largest absolute Gasteiger partial charge is 0.300 e. The number of rotatable bonds is 1. The molecule has 68 valence electrons. The molecule has 0 fully saturated rings. The van der Waals surface area contributed by atoms with E-state index in [0.717, 1.165) is 10.7 Å². The van der Waals surface area contributed by atoms with Crippen molar-refractivity contribution in [1.29, 1.82) is 0 Å². The molecule has 0 saturated heterocycles. The molecular weight excluding hydrogens is 212 g/mol. The van der Waals surface area contributed by atoms with Crippen molar-refractivity contribution < 1.29 is 5.03 Å². The first kappa shape index (κ1) is 8.32. The fraction of sp³-hybridized carbons (Fsp3) is 0.200. The van der Waals surface area contributed by atoms with Crippen molar-refractivity contribution in [3.8, 4) is 0 Å². The first-order chi connectivity index (χ1) is 6.16. The molecule has 2 aromatic heterocycles. The van der Waals surface area contributed by atoms with Crippen molar-refractivity contribution >= 4 is 27.8 Å². The third kappa shape index (κ3) is 1.45. The molecule has 0 aliphatic heterocycles. The van der Waals surface area contributed by atoms with Crippen molar-refractivity contribution in [2.24, 2.45) is 5.10 Å². The van der Waals surface area contributed by atoms with Crippen molar-refractivity contribution in [3.05, 3.63) is 26.0 Å². The number of aromatic nitrogens is 2. The van der Waals surface area contributed by atoms with Gasteiger partial charge in [-0.3, -0.25) is 0 Å². The summed E-state index contributed by atoms with van der Waals surface area (Å²) in [5.41, 5.74) is 1.02. The normalized spacial score (nSPS) is 12.5. The van der Waals surface area contributed by atoms with Crippen LogP contribution in [0.3, 0.4) is 0 Å². The van der Waals surface area contributed by atoms with Crippen molar-refractivity contribution in [3.63, 3.8) is 0 Å². The van der Waals surface area contributed by atoms with E-state index in [1.807, 2.05) is 16.1 Å². The molecule has 6 nitrogen and oxygen atoms in total. The van der Waals surface area contributed by atoms with Crippen molar-refractivity contribution in [2.45, 2.75) is 6.92 Å². The topological polar surface area (TPSA) is 72.8 Å². The Balaban J connectivity index is 2.69. The number of nitro groups is 1. The summed E-state index contributed by atoms with van der Waals surface area (Å²) in [6.45, 7) is 1.91. The summed E-state index contributed by atoms with van der Waals surface area (Å²) < 4.78 is 1.81. The van der Waals surface area contributed by atoms with Gasteiger partial charge in [0.2, 0.25) is 4.96 Å². The van der Waals surface area contributed by atoms with E-state index in [4.69, 9.17) is 0 Å². The van der Waals surface area contributed by atoms with E-state index in [-0.39, 0.29) is 4.80 Å². The molecular formula is C5H4N4O2S2. The molecule has 0 amide bonds. The zero-order valence-electron chi connectivity index (χ0n) is 6.50. The number of hydrogen-bond donors (Lipinski definition) is 0. The minimum absolute atomic E-state index is 0.181. The summed E-state index contributed by atoms with van der Waals surface area (Å²) in [4.78, 5) is 14.9. The fourth-order valence-corrected chi connectivity index (χ4v) is 2.70. The maximum atomic E-state index is 10.1. The highest BCUT2D eigenvalue weighted by Gasteiger charge is 2.04. The quantitative estimate of drug-likeness (QED) is 0.524. The second-order valence-corrected chi connectivity index (χ2v) is 4.03. The molecule has 2 aromatic rings. The molecule has 8 heteroatoms. The summed E-state index contributed by atoms with van der Waals surface area (Å²) in [5, 5.41) is 14.4. The lowest BCUT2D eigenvalue weighted by molar-refractivity contribution is -0.490. The van der Waals surface area contributed by atoms with Crippen molar-refractivity contribution in [2.75, 3.05) is 0 Å². The maximum Gasteiger partial charge on any atom is 0.300 e. The Morgan fingerprint density at radius 1 is 1.77 bits per heavy atom. The van der Waals surface area contributed by atoms with Crippen LogP contribution in [0.1, 0.15) is 5.69 Å². The molecule has 0 aromatic carbocycles. The van der Waals surface area contributed by atoms with Gasteiger partial charge in [-0.05, 0) is 18.5 Å². The molecule has 0 aliphatic rings. The van der Waals surface area contributed by atoms with Crippen molar-refractivity contribution in [1.82, 2.24) is 8.77 Å². The number of nitrogens with zero attached hydrogens (tertiary/aromatic N) is 4. The van der Waals surface area contributed by atoms with E-state index in [1.54, 1.807) is 0 Å². The molecule has 0 unspecified atom stereocenters. The Bertz CT molecular complexity index is 522. The molecule has 0 spiro atoms. The molecule has 0 bridgehead atoms. The van der Waals surface area contributed by atoms with Gasteiger partial charge in [-0.1, -0.05) is 0 Å². The average Bonchev–Trinajstić information content (AvgIpc) is 2.53. The van der Waals surface area contributed by atoms with Gasteiger partial charge < -0.3 is 0 Å². The molecule has 0 N–H and O–H groups in total. The van der Waals surface area contributed by atoms with Crippen LogP contribution in [0.4, 0.5) is 0 Å². The lowest BCUT2D eigenvalue weighted by atomic mass is 10.6. The van der Waals surface area contributed by atoms with Gasteiger partial charge in [0.1, 0.15) is 0 Å². The maximum absolute atomic E-state index is 10.1. The van der Waals surface area contributed by atoms with Gasteiger partial charge >= 0.3 is 4.80 Å². The van der Waals surface area contributed by atoms with Crippen LogP contribution in [0, 0.1) is 17.0 Å². The Kier molecular flexibility index (Phi) is 1.85. The Morgan fingerprint density at radius 3 is 3.15 bits per heavy atom. The number of hydrogen-bond acceptors (Lipinski definition) is 5. The average molecular weight is 216 g/mol. The Hall–Kier alpha value is -1.28. The number of fused-ring (bicyclic) bond motifs is 1. The zero-order chi connectivity index (χ0) is 9.42. The lowest BCUT2D eigenvalue weighted by Gasteiger charge is -1.80. The van der Waals surface area contributed by atoms with Crippen LogP contribution < -0.4 is 4.80 Å². The summed E-state index contributed by atoms with van der Waals surface area (Å²) in [5.74, 6) is 0. The molecule has 0 aliphatic carbocycles. The van der Waals surface area contributed by atoms with E-state index in [2.05, 4.69) is 10.1 Å². The van der Waals surface area contributed by atoms with E-state index >= 15 is 0 Å². The van der Waals surface area contributed by atoms with Crippen LogP contribution in [0.25, 0.3) is 4.96 Å². The smallest absolute Gasteiger partial charge is 0.241 e. The van der Waals surface area contributed by atoms with Crippen LogP contribution in [-0.2, 0) is 0 Å². The first-order valence-corrected chi connectivity index (χ1v) is 4.95. The SMILES string of the molecule is Cc1csc2n/c(=N/[N+](=O)[O-])sn12. The third-order valence-corrected chi connectivity index (χ3v) is 3.40. The first-order valence-electron chi connectivity index (χ1n) is 3.30. The highest BCUT2D eigenvalue weighted by molar-refractivity contribution is 7.17. The fourth-order valence-electron chi connectivity index (χ4n) is 0.862. The third-order valence-electron chi connectivity index (χ3n) is 1.36. The summed E-state index contributed by atoms with van der Waals surface area (Å²) in [7, 11) is 0. The predicted molar refractivity (Wildman–Crippen MR) is 48.2 cm³/mol. The van der Waals surface area contributed by atoms with Gasteiger partial charge in [-0.25, -0.2) is 13.9 Å². The van der Waals surface area contributed by atoms with E-state index in [0.29, 0.717) is 0 Å². The van der Waals surface area contributed by atoms with Gasteiger partial charge in [0.05, 0.1) is 5.10 Å².